The second-order valence-electron chi connectivity index (χ2n) is 8.40. The second kappa shape index (κ2) is 9.44. The molecule has 3 amide bonds. The van der Waals surface area contributed by atoms with E-state index in [2.05, 4.69) is 4.74 Å². The molecule has 0 N–H and O–H groups in total. The molecule has 1 heterocycles. The van der Waals surface area contributed by atoms with Gasteiger partial charge in [-0.25, -0.2) is 9.69 Å². The molecule has 1 aliphatic rings. The molecule has 0 spiro atoms. The predicted octanol–water partition coefficient (Wildman–Crippen LogP) is 3.44. The van der Waals surface area contributed by atoms with Crippen LogP contribution in [-0.4, -0.2) is 54.4 Å². The molecule has 0 saturated carbocycles. The van der Waals surface area contributed by atoms with Gasteiger partial charge in [0, 0.05) is 11.1 Å². The van der Waals surface area contributed by atoms with Crippen molar-refractivity contribution in [2.75, 3.05) is 19.1 Å². The number of amides is 3. The van der Waals surface area contributed by atoms with E-state index in [-0.39, 0.29) is 12.3 Å². The lowest BCUT2D eigenvalue weighted by molar-refractivity contribution is -0.123. The third-order valence-corrected chi connectivity index (χ3v) is 6.03. The zero-order chi connectivity index (χ0) is 24.3. The van der Waals surface area contributed by atoms with Crippen LogP contribution in [0.5, 0.6) is 5.75 Å². The Balaban J connectivity index is 1.97. The van der Waals surface area contributed by atoms with Crippen LogP contribution < -0.4 is 9.64 Å². The fourth-order valence-electron chi connectivity index (χ4n) is 3.86. The van der Waals surface area contributed by atoms with Crippen molar-refractivity contribution in [3.63, 3.8) is 0 Å². The first-order valence-electron chi connectivity index (χ1n) is 10.7. The third kappa shape index (κ3) is 4.60. The van der Waals surface area contributed by atoms with Crippen LogP contribution in [0, 0.1) is 0 Å². The van der Waals surface area contributed by atoms with E-state index in [1.807, 2.05) is 20.8 Å². The molecular weight excluding hydrogens is 424 g/mol. The van der Waals surface area contributed by atoms with E-state index in [1.54, 1.807) is 24.3 Å². The summed E-state index contributed by atoms with van der Waals surface area (Å²) in [7, 11) is 2.79. The molecule has 8 nitrogen and oxygen atoms in total. The number of carbonyl (C=O) groups is 4. The lowest BCUT2D eigenvalue weighted by atomic mass is 9.94. The maximum atomic E-state index is 13.6. The standard InChI is InChI=1S/C25H28N2O6/c1-6-25(2,3)27(22(29)17-8-7-9-19(14-17)32-4)20-15-21(28)26(23(20)30)18-12-10-16(11-13-18)24(31)33-5/h7-14,20H,6,15H2,1-5H3. The molecule has 3 rings (SSSR count). The first-order chi connectivity index (χ1) is 15.6. The van der Waals surface area contributed by atoms with Crippen LogP contribution in [-0.2, 0) is 14.3 Å². The van der Waals surface area contributed by atoms with E-state index in [4.69, 9.17) is 4.74 Å². The van der Waals surface area contributed by atoms with Gasteiger partial charge in [-0.15, -0.1) is 0 Å². The first kappa shape index (κ1) is 24.0. The normalized spacial score (nSPS) is 16.0. The predicted molar refractivity (Wildman–Crippen MR) is 122 cm³/mol. The number of hydrogen-bond donors (Lipinski definition) is 0. The number of benzene rings is 2. The molecule has 33 heavy (non-hydrogen) atoms. The van der Waals surface area contributed by atoms with Crippen molar-refractivity contribution in [3.05, 3.63) is 59.7 Å². The molecule has 8 heteroatoms. The van der Waals surface area contributed by atoms with Gasteiger partial charge in [0.05, 0.1) is 31.9 Å². The van der Waals surface area contributed by atoms with Crippen LogP contribution in [0.4, 0.5) is 5.69 Å². The van der Waals surface area contributed by atoms with Crippen molar-refractivity contribution in [3.8, 4) is 5.75 Å². The lowest BCUT2D eigenvalue weighted by Crippen LogP contribution is -2.55. The molecule has 1 fully saturated rings. The molecule has 0 radical (unpaired) electrons. The Morgan fingerprint density at radius 2 is 1.73 bits per heavy atom. The lowest BCUT2D eigenvalue weighted by Gasteiger charge is -2.41. The van der Waals surface area contributed by atoms with Crippen LogP contribution in [0.15, 0.2) is 48.5 Å². The van der Waals surface area contributed by atoms with Gasteiger partial charge in [0.2, 0.25) is 5.91 Å². The van der Waals surface area contributed by atoms with Crippen LogP contribution >= 0.6 is 0 Å². The van der Waals surface area contributed by atoms with Crippen LogP contribution in [0.3, 0.4) is 0 Å². The summed E-state index contributed by atoms with van der Waals surface area (Å²) in [5, 5.41) is 0. The summed E-state index contributed by atoms with van der Waals surface area (Å²) < 4.78 is 9.92. The van der Waals surface area contributed by atoms with Gasteiger partial charge >= 0.3 is 5.97 Å². The second-order valence-corrected chi connectivity index (χ2v) is 8.40. The molecule has 0 aliphatic carbocycles. The Labute approximate surface area is 193 Å². The number of nitrogens with zero attached hydrogens (tertiary/aromatic N) is 2. The minimum absolute atomic E-state index is 0.128. The molecule has 174 valence electrons. The average Bonchev–Trinajstić information content (AvgIpc) is 3.11. The summed E-state index contributed by atoms with van der Waals surface area (Å²) in [6.07, 6.45) is 0.450. The topological polar surface area (TPSA) is 93.2 Å². The monoisotopic (exact) mass is 452 g/mol. The van der Waals surface area contributed by atoms with Crippen molar-refractivity contribution < 1.29 is 28.7 Å². The van der Waals surface area contributed by atoms with Crippen molar-refractivity contribution >= 4 is 29.4 Å². The van der Waals surface area contributed by atoms with Gasteiger partial charge < -0.3 is 14.4 Å². The van der Waals surface area contributed by atoms with Crippen LogP contribution in [0.2, 0.25) is 0 Å². The van der Waals surface area contributed by atoms with E-state index in [1.165, 1.54) is 43.4 Å². The molecule has 1 unspecified atom stereocenters. The van der Waals surface area contributed by atoms with Gasteiger partial charge in [-0.1, -0.05) is 13.0 Å². The molecule has 2 aromatic rings. The maximum absolute atomic E-state index is 13.6. The fraction of sp³-hybridized carbons (Fsp3) is 0.360. The van der Waals surface area contributed by atoms with Gasteiger partial charge in [0.15, 0.2) is 0 Å². The summed E-state index contributed by atoms with van der Waals surface area (Å²) >= 11 is 0. The smallest absolute Gasteiger partial charge is 0.337 e. The summed E-state index contributed by atoms with van der Waals surface area (Å²) in [5.74, 6) is -1.24. The zero-order valence-corrected chi connectivity index (χ0v) is 19.5. The largest absolute Gasteiger partial charge is 0.497 e. The summed E-state index contributed by atoms with van der Waals surface area (Å²) in [5.41, 5.74) is 0.324. The Hall–Kier alpha value is -3.68. The van der Waals surface area contributed by atoms with Crippen LogP contribution in [0.1, 0.15) is 54.3 Å². The third-order valence-electron chi connectivity index (χ3n) is 6.03. The highest BCUT2D eigenvalue weighted by Gasteiger charge is 2.48. The van der Waals surface area contributed by atoms with E-state index in [0.717, 1.165) is 4.90 Å². The molecular formula is C25H28N2O6. The summed E-state index contributed by atoms with van der Waals surface area (Å²) in [6, 6.07) is 11.8. The maximum Gasteiger partial charge on any atom is 0.337 e. The quantitative estimate of drug-likeness (QED) is 0.472. The summed E-state index contributed by atoms with van der Waals surface area (Å²) in [6.45, 7) is 5.67. The SMILES string of the molecule is CCC(C)(C)N(C(=O)c1cccc(OC)c1)C1CC(=O)N(c2ccc(C(=O)OC)cc2)C1=O. The van der Waals surface area contributed by atoms with E-state index in [0.29, 0.717) is 29.0 Å². The van der Waals surface area contributed by atoms with Gasteiger partial charge in [0.1, 0.15) is 11.8 Å². The number of esters is 1. The number of methoxy groups -OCH3 is 2. The number of anilines is 1. The Morgan fingerprint density at radius 3 is 2.30 bits per heavy atom. The van der Waals surface area contributed by atoms with Gasteiger partial charge in [-0.05, 0) is 62.7 Å². The Morgan fingerprint density at radius 1 is 1.06 bits per heavy atom. The van der Waals surface area contributed by atoms with E-state index in [9.17, 15) is 19.2 Å². The molecule has 1 saturated heterocycles. The van der Waals surface area contributed by atoms with Gasteiger partial charge in [0.25, 0.3) is 11.8 Å². The minimum atomic E-state index is -0.952. The number of imide groups is 1. The summed E-state index contributed by atoms with van der Waals surface area (Å²) in [4.78, 5) is 54.2. The highest BCUT2D eigenvalue weighted by atomic mass is 16.5. The number of rotatable bonds is 7. The number of carbonyl (C=O) groups excluding carboxylic acids is 4. The number of ether oxygens (including phenoxy) is 2. The van der Waals surface area contributed by atoms with Gasteiger partial charge in [-0.3, -0.25) is 14.4 Å². The highest BCUT2D eigenvalue weighted by Crippen LogP contribution is 2.33. The van der Waals surface area contributed by atoms with Crippen molar-refractivity contribution in [1.82, 2.24) is 4.90 Å². The van der Waals surface area contributed by atoms with E-state index >= 15 is 0 Å². The first-order valence-corrected chi connectivity index (χ1v) is 10.7. The van der Waals surface area contributed by atoms with Crippen LogP contribution in [0.25, 0.3) is 0 Å². The highest BCUT2D eigenvalue weighted by molar-refractivity contribution is 6.23. The minimum Gasteiger partial charge on any atom is -0.497 e. The van der Waals surface area contributed by atoms with Crippen molar-refractivity contribution in [1.29, 1.82) is 0 Å². The molecule has 0 bridgehead atoms. The fourth-order valence-corrected chi connectivity index (χ4v) is 3.86. The molecule has 1 aliphatic heterocycles. The van der Waals surface area contributed by atoms with Crippen molar-refractivity contribution in [2.45, 2.75) is 45.2 Å². The zero-order valence-electron chi connectivity index (χ0n) is 19.5. The Bertz CT molecular complexity index is 1080. The Kier molecular flexibility index (Phi) is 6.86. The molecule has 1 atom stereocenters. The molecule has 2 aromatic carbocycles. The van der Waals surface area contributed by atoms with Gasteiger partial charge in [-0.2, -0.15) is 0 Å². The average molecular weight is 453 g/mol. The van der Waals surface area contributed by atoms with E-state index < -0.39 is 29.4 Å². The van der Waals surface area contributed by atoms with Crippen molar-refractivity contribution in [2.24, 2.45) is 0 Å². The molecule has 0 aromatic heterocycles. The number of hydrogen-bond acceptors (Lipinski definition) is 6.